The SMILES string of the molecule is CC1CN(C(=O)C2CSCN2)CC(C)O1.Cl. The number of hydrogen-bond acceptors (Lipinski definition) is 4. The van der Waals surface area contributed by atoms with Crippen LogP contribution < -0.4 is 5.32 Å². The molecule has 2 aliphatic rings. The molecule has 6 heteroatoms. The molecule has 3 unspecified atom stereocenters. The van der Waals surface area contributed by atoms with E-state index in [1.807, 2.05) is 18.7 Å². The first-order valence-electron chi connectivity index (χ1n) is 5.42. The van der Waals surface area contributed by atoms with Gasteiger partial charge in [-0.1, -0.05) is 0 Å². The summed E-state index contributed by atoms with van der Waals surface area (Å²) >= 11 is 1.79. The Morgan fingerprint density at radius 3 is 2.50 bits per heavy atom. The van der Waals surface area contributed by atoms with Crippen molar-refractivity contribution in [2.24, 2.45) is 0 Å². The standard InChI is InChI=1S/C10H18N2O2S.ClH/c1-7-3-12(4-8(2)14-7)10(13)9-5-15-6-11-9;/h7-9,11H,3-6H2,1-2H3;1H. The van der Waals surface area contributed by atoms with Gasteiger partial charge in [0, 0.05) is 24.7 Å². The van der Waals surface area contributed by atoms with Gasteiger partial charge in [-0.3, -0.25) is 10.1 Å². The minimum atomic E-state index is 0. The van der Waals surface area contributed by atoms with Crippen molar-refractivity contribution in [2.45, 2.75) is 32.1 Å². The highest BCUT2D eigenvalue weighted by Gasteiger charge is 2.31. The predicted molar refractivity (Wildman–Crippen MR) is 68.1 cm³/mol. The third-order valence-corrected chi connectivity index (χ3v) is 3.69. The van der Waals surface area contributed by atoms with Gasteiger partial charge in [0.15, 0.2) is 0 Å². The Balaban J connectivity index is 0.00000128. The summed E-state index contributed by atoms with van der Waals surface area (Å²) in [6.07, 6.45) is 0.318. The Kier molecular flexibility index (Phi) is 5.37. The highest BCUT2D eigenvalue weighted by molar-refractivity contribution is 7.99. The minimum Gasteiger partial charge on any atom is -0.372 e. The first kappa shape index (κ1) is 14.1. The van der Waals surface area contributed by atoms with E-state index in [4.69, 9.17) is 4.74 Å². The van der Waals surface area contributed by atoms with E-state index in [1.165, 1.54) is 0 Å². The Morgan fingerprint density at radius 1 is 1.38 bits per heavy atom. The third kappa shape index (κ3) is 3.26. The normalized spacial score (nSPS) is 34.6. The van der Waals surface area contributed by atoms with Gasteiger partial charge in [0.05, 0.1) is 18.2 Å². The van der Waals surface area contributed by atoms with Crippen LogP contribution in [0.2, 0.25) is 0 Å². The number of carbonyl (C=O) groups excluding carboxylic acids is 1. The zero-order valence-electron chi connectivity index (χ0n) is 9.64. The van der Waals surface area contributed by atoms with Gasteiger partial charge in [-0.15, -0.1) is 24.2 Å². The highest BCUT2D eigenvalue weighted by atomic mass is 35.5. The molecule has 0 spiro atoms. The van der Waals surface area contributed by atoms with Crippen molar-refractivity contribution in [2.75, 3.05) is 24.7 Å². The lowest BCUT2D eigenvalue weighted by atomic mass is 10.2. The fourth-order valence-electron chi connectivity index (χ4n) is 2.13. The van der Waals surface area contributed by atoms with Gasteiger partial charge in [-0.25, -0.2) is 0 Å². The summed E-state index contributed by atoms with van der Waals surface area (Å²) in [5, 5.41) is 3.21. The number of carbonyl (C=O) groups is 1. The van der Waals surface area contributed by atoms with Crippen LogP contribution in [0.1, 0.15) is 13.8 Å². The Hall–Kier alpha value is 0.0300. The number of rotatable bonds is 1. The molecule has 0 aromatic rings. The molecule has 2 fully saturated rings. The number of thioether (sulfide) groups is 1. The van der Waals surface area contributed by atoms with Crippen LogP contribution in [0.15, 0.2) is 0 Å². The van der Waals surface area contributed by atoms with Gasteiger partial charge in [-0.2, -0.15) is 0 Å². The second-order valence-corrected chi connectivity index (χ2v) is 5.30. The van der Waals surface area contributed by atoms with Crippen molar-refractivity contribution >= 4 is 30.1 Å². The first-order valence-corrected chi connectivity index (χ1v) is 6.57. The molecule has 0 radical (unpaired) electrons. The Morgan fingerprint density at radius 2 is 2.00 bits per heavy atom. The third-order valence-electron chi connectivity index (χ3n) is 2.75. The van der Waals surface area contributed by atoms with E-state index >= 15 is 0 Å². The summed E-state index contributed by atoms with van der Waals surface area (Å²) in [6, 6.07) is 0.0208. The quantitative estimate of drug-likeness (QED) is 0.759. The average Bonchev–Trinajstić information content (AvgIpc) is 2.67. The lowest BCUT2D eigenvalue weighted by Crippen LogP contribution is -2.53. The lowest BCUT2D eigenvalue weighted by molar-refractivity contribution is -0.144. The van der Waals surface area contributed by atoms with Crippen LogP contribution in [0.3, 0.4) is 0 Å². The van der Waals surface area contributed by atoms with E-state index in [0.29, 0.717) is 0 Å². The van der Waals surface area contributed by atoms with Crippen LogP contribution >= 0.6 is 24.2 Å². The van der Waals surface area contributed by atoms with Gasteiger partial charge in [0.1, 0.15) is 0 Å². The van der Waals surface area contributed by atoms with Gasteiger partial charge in [0.2, 0.25) is 5.91 Å². The molecule has 4 nitrogen and oxygen atoms in total. The van der Waals surface area contributed by atoms with Crippen molar-refractivity contribution in [1.29, 1.82) is 0 Å². The largest absolute Gasteiger partial charge is 0.372 e. The Bertz CT molecular complexity index is 239. The number of amides is 1. The molecule has 1 amide bonds. The van der Waals surface area contributed by atoms with Crippen LogP contribution in [0.25, 0.3) is 0 Å². The molecular formula is C10H19ClN2O2S. The van der Waals surface area contributed by atoms with E-state index in [1.54, 1.807) is 11.8 Å². The minimum absolute atomic E-state index is 0. The molecule has 3 atom stereocenters. The van der Waals surface area contributed by atoms with Crippen LogP contribution in [0.4, 0.5) is 0 Å². The molecule has 0 aromatic heterocycles. The van der Waals surface area contributed by atoms with Gasteiger partial charge in [-0.05, 0) is 13.8 Å². The van der Waals surface area contributed by atoms with Crippen molar-refractivity contribution < 1.29 is 9.53 Å². The van der Waals surface area contributed by atoms with Crippen LogP contribution in [-0.4, -0.2) is 53.8 Å². The maximum Gasteiger partial charge on any atom is 0.240 e. The summed E-state index contributed by atoms with van der Waals surface area (Å²) in [4.78, 5) is 14.0. The van der Waals surface area contributed by atoms with E-state index < -0.39 is 0 Å². The number of halogens is 1. The van der Waals surface area contributed by atoms with E-state index in [9.17, 15) is 4.79 Å². The maximum absolute atomic E-state index is 12.1. The molecule has 0 saturated carbocycles. The van der Waals surface area contributed by atoms with Crippen molar-refractivity contribution in [3.63, 3.8) is 0 Å². The van der Waals surface area contributed by atoms with Gasteiger partial charge < -0.3 is 9.64 Å². The second kappa shape index (κ2) is 6.10. The van der Waals surface area contributed by atoms with Crippen molar-refractivity contribution in [1.82, 2.24) is 10.2 Å². The van der Waals surface area contributed by atoms with E-state index in [-0.39, 0.29) is 36.6 Å². The van der Waals surface area contributed by atoms with E-state index in [2.05, 4.69) is 5.32 Å². The monoisotopic (exact) mass is 266 g/mol. The highest BCUT2D eigenvalue weighted by Crippen LogP contribution is 2.16. The first-order chi connectivity index (χ1) is 7.16. The predicted octanol–water partition coefficient (Wildman–Crippen LogP) is 0.706. The summed E-state index contributed by atoms with van der Waals surface area (Å²) in [5.41, 5.74) is 0. The van der Waals surface area contributed by atoms with Crippen molar-refractivity contribution in [3.8, 4) is 0 Å². The van der Waals surface area contributed by atoms with Crippen LogP contribution in [0.5, 0.6) is 0 Å². The number of ether oxygens (including phenoxy) is 1. The van der Waals surface area contributed by atoms with Gasteiger partial charge >= 0.3 is 0 Å². The summed E-state index contributed by atoms with van der Waals surface area (Å²) < 4.78 is 5.61. The molecule has 2 saturated heterocycles. The molecule has 0 aliphatic carbocycles. The maximum atomic E-state index is 12.1. The molecule has 2 rings (SSSR count). The molecule has 94 valence electrons. The number of morpholine rings is 1. The molecular weight excluding hydrogens is 248 g/mol. The lowest BCUT2D eigenvalue weighted by Gasteiger charge is -2.36. The van der Waals surface area contributed by atoms with Gasteiger partial charge in [0.25, 0.3) is 0 Å². The topological polar surface area (TPSA) is 41.6 Å². The summed E-state index contributed by atoms with van der Waals surface area (Å²) in [7, 11) is 0. The molecule has 2 heterocycles. The number of nitrogens with one attached hydrogen (secondary N) is 1. The fourth-order valence-corrected chi connectivity index (χ4v) is 3.07. The fraction of sp³-hybridized carbons (Fsp3) is 0.900. The van der Waals surface area contributed by atoms with Crippen molar-refractivity contribution in [3.05, 3.63) is 0 Å². The smallest absolute Gasteiger partial charge is 0.240 e. The second-order valence-electron chi connectivity index (χ2n) is 4.27. The molecule has 2 aliphatic heterocycles. The molecule has 1 N–H and O–H groups in total. The Labute approximate surface area is 107 Å². The summed E-state index contributed by atoms with van der Waals surface area (Å²) in [5.74, 6) is 2.03. The number of hydrogen-bond donors (Lipinski definition) is 1. The summed E-state index contributed by atoms with van der Waals surface area (Å²) in [6.45, 7) is 5.50. The van der Waals surface area contributed by atoms with Crippen LogP contribution in [0, 0.1) is 0 Å². The molecule has 0 bridgehead atoms. The molecule has 0 aromatic carbocycles. The molecule has 16 heavy (non-hydrogen) atoms. The van der Waals surface area contributed by atoms with Crippen LogP contribution in [-0.2, 0) is 9.53 Å². The van der Waals surface area contributed by atoms with E-state index in [0.717, 1.165) is 24.7 Å². The average molecular weight is 267 g/mol. The number of nitrogens with zero attached hydrogens (tertiary/aromatic N) is 1. The zero-order valence-corrected chi connectivity index (χ0v) is 11.3. The zero-order chi connectivity index (χ0) is 10.8.